The van der Waals surface area contributed by atoms with Crippen LogP contribution in [0.1, 0.15) is 19.8 Å². The van der Waals surface area contributed by atoms with Gasteiger partial charge in [-0.1, -0.05) is 6.92 Å². The molecule has 1 atom stereocenters. The largest absolute Gasteiger partial charge is 0.447 e. The molecular weight excluding hydrogens is 208 g/mol. The van der Waals surface area contributed by atoms with Gasteiger partial charge in [-0.05, 0) is 31.8 Å². The molecule has 0 aromatic rings. The predicted octanol–water partition coefficient (Wildman–Crippen LogP) is 0.437. The fourth-order valence-electron chi connectivity index (χ4n) is 1.92. The molecule has 0 aromatic carbocycles. The van der Waals surface area contributed by atoms with E-state index in [4.69, 9.17) is 9.84 Å². The summed E-state index contributed by atoms with van der Waals surface area (Å²) in [5.41, 5.74) is 0. The van der Waals surface area contributed by atoms with Crippen molar-refractivity contribution in [1.29, 1.82) is 0 Å². The molecule has 1 aliphatic heterocycles. The van der Waals surface area contributed by atoms with E-state index in [2.05, 4.69) is 17.1 Å². The van der Waals surface area contributed by atoms with Crippen molar-refractivity contribution < 1.29 is 14.6 Å². The molecule has 2 N–H and O–H groups in total. The van der Waals surface area contributed by atoms with Crippen molar-refractivity contribution in [1.82, 2.24) is 10.2 Å². The molecule has 1 unspecified atom stereocenters. The molecule has 5 heteroatoms. The van der Waals surface area contributed by atoms with Crippen LogP contribution in [0.3, 0.4) is 0 Å². The third kappa shape index (κ3) is 5.32. The lowest BCUT2D eigenvalue weighted by molar-refractivity contribution is 0.117. The van der Waals surface area contributed by atoms with Gasteiger partial charge in [0.25, 0.3) is 0 Å². The van der Waals surface area contributed by atoms with Crippen LogP contribution in [-0.4, -0.2) is 55.5 Å². The highest BCUT2D eigenvalue weighted by atomic mass is 16.6. The van der Waals surface area contributed by atoms with Gasteiger partial charge in [-0.25, -0.2) is 4.79 Å². The van der Waals surface area contributed by atoms with Crippen molar-refractivity contribution in [3.63, 3.8) is 0 Å². The van der Waals surface area contributed by atoms with Gasteiger partial charge < -0.3 is 20.1 Å². The van der Waals surface area contributed by atoms with Crippen LogP contribution in [0.2, 0.25) is 0 Å². The molecule has 0 spiro atoms. The number of hydrogen-bond acceptors (Lipinski definition) is 4. The van der Waals surface area contributed by atoms with E-state index in [-0.39, 0.29) is 13.2 Å². The molecule has 1 rings (SSSR count). The van der Waals surface area contributed by atoms with Gasteiger partial charge in [0.05, 0.1) is 6.61 Å². The second-order valence-corrected chi connectivity index (χ2v) is 4.35. The van der Waals surface area contributed by atoms with Gasteiger partial charge in [0.15, 0.2) is 0 Å². The second-order valence-electron chi connectivity index (χ2n) is 4.35. The predicted molar refractivity (Wildman–Crippen MR) is 61.3 cm³/mol. The Morgan fingerprint density at radius 3 is 2.81 bits per heavy atom. The van der Waals surface area contributed by atoms with Gasteiger partial charge in [-0.15, -0.1) is 0 Å². The highest BCUT2D eigenvalue weighted by Gasteiger charge is 2.15. The standard InChI is InChI=1S/C11H22N2O3/c1-10(9-13-4-2-3-5-13)8-12-11(15)16-7-6-14/h10,14H,2-9H2,1H3,(H,12,15). The summed E-state index contributed by atoms with van der Waals surface area (Å²) >= 11 is 0. The minimum atomic E-state index is -0.442. The van der Waals surface area contributed by atoms with Gasteiger partial charge in [0.1, 0.15) is 6.61 Å². The number of carbonyl (C=O) groups excluding carboxylic acids is 1. The first-order valence-corrected chi connectivity index (χ1v) is 5.96. The van der Waals surface area contributed by atoms with Crippen LogP contribution < -0.4 is 5.32 Å². The summed E-state index contributed by atoms with van der Waals surface area (Å²) in [5.74, 6) is 0.430. The van der Waals surface area contributed by atoms with Gasteiger partial charge in [-0.3, -0.25) is 0 Å². The second kappa shape index (κ2) is 7.46. The number of rotatable bonds is 6. The van der Waals surface area contributed by atoms with Crippen LogP contribution in [0.5, 0.6) is 0 Å². The van der Waals surface area contributed by atoms with Crippen molar-refractivity contribution >= 4 is 6.09 Å². The number of aliphatic hydroxyl groups is 1. The third-order valence-corrected chi connectivity index (χ3v) is 2.69. The van der Waals surface area contributed by atoms with Crippen LogP contribution >= 0.6 is 0 Å². The fraction of sp³-hybridized carbons (Fsp3) is 0.909. The van der Waals surface area contributed by atoms with Crippen LogP contribution in [0.15, 0.2) is 0 Å². The van der Waals surface area contributed by atoms with E-state index in [1.165, 1.54) is 25.9 Å². The zero-order valence-electron chi connectivity index (χ0n) is 9.95. The lowest BCUT2D eigenvalue weighted by atomic mass is 10.1. The first kappa shape index (κ1) is 13.3. The van der Waals surface area contributed by atoms with E-state index in [0.29, 0.717) is 12.5 Å². The monoisotopic (exact) mass is 230 g/mol. The highest BCUT2D eigenvalue weighted by Crippen LogP contribution is 2.09. The Kier molecular flexibility index (Phi) is 6.18. The van der Waals surface area contributed by atoms with Crippen LogP contribution in [-0.2, 0) is 4.74 Å². The number of nitrogens with zero attached hydrogens (tertiary/aromatic N) is 1. The molecule has 1 fully saturated rings. The van der Waals surface area contributed by atoms with Crippen molar-refractivity contribution in [2.24, 2.45) is 5.92 Å². The Morgan fingerprint density at radius 2 is 2.19 bits per heavy atom. The summed E-state index contributed by atoms with van der Waals surface area (Å²) in [4.78, 5) is 13.5. The average molecular weight is 230 g/mol. The molecule has 0 saturated carbocycles. The van der Waals surface area contributed by atoms with Gasteiger partial charge in [0.2, 0.25) is 0 Å². The molecule has 5 nitrogen and oxygen atoms in total. The topological polar surface area (TPSA) is 61.8 Å². The van der Waals surface area contributed by atoms with E-state index in [9.17, 15) is 4.79 Å². The highest BCUT2D eigenvalue weighted by molar-refractivity contribution is 5.67. The van der Waals surface area contributed by atoms with E-state index >= 15 is 0 Å². The number of hydrogen-bond donors (Lipinski definition) is 2. The molecule has 0 aliphatic carbocycles. The molecule has 1 aliphatic rings. The number of nitrogens with one attached hydrogen (secondary N) is 1. The number of aliphatic hydroxyl groups excluding tert-OH is 1. The summed E-state index contributed by atoms with van der Waals surface area (Å²) in [5, 5.41) is 11.2. The number of carbonyl (C=O) groups is 1. The summed E-state index contributed by atoms with van der Waals surface area (Å²) in [6.45, 7) is 6.06. The van der Waals surface area contributed by atoms with E-state index in [0.717, 1.165) is 6.54 Å². The lowest BCUT2D eigenvalue weighted by Gasteiger charge is -2.20. The van der Waals surface area contributed by atoms with Crippen molar-refractivity contribution in [3.8, 4) is 0 Å². The van der Waals surface area contributed by atoms with Crippen LogP contribution in [0.4, 0.5) is 4.79 Å². The van der Waals surface area contributed by atoms with Crippen molar-refractivity contribution in [2.45, 2.75) is 19.8 Å². The maximum atomic E-state index is 11.1. The first-order valence-electron chi connectivity index (χ1n) is 5.96. The molecule has 0 bridgehead atoms. The van der Waals surface area contributed by atoms with Crippen molar-refractivity contribution in [2.75, 3.05) is 39.4 Å². The maximum absolute atomic E-state index is 11.1. The fourth-order valence-corrected chi connectivity index (χ4v) is 1.92. The Balaban J connectivity index is 2.04. The molecule has 0 radical (unpaired) electrons. The smallest absolute Gasteiger partial charge is 0.407 e. The Morgan fingerprint density at radius 1 is 1.50 bits per heavy atom. The Bertz CT molecular complexity index is 205. The van der Waals surface area contributed by atoms with E-state index in [1.807, 2.05) is 0 Å². The molecule has 0 aromatic heterocycles. The van der Waals surface area contributed by atoms with E-state index < -0.39 is 6.09 Å². The summed E-state index contributed by atoms with van der Waals surface area (Å²) in [7, 11) is 0. The molecule has 94 valence electrons. The average Bonchev–Trinajstić information content (AvgIpc) is 2.76. The number of amides is 1. The van der Waals surface area contributed by atoms with Gasteiger partial charge in [0, 0.05) is 13.1 Å². The molecular formula is C11H22N2O3. The SMILES string of the molecule is CC(CNC(=O)OCCO)CN1CCCC1. The van der Waals surface area contributed by atoms with Crippen molar-refractivity contribution in [3.05, 3.63) is 0 Å². The summed E-state index contributed by atoms with van der Waals surface area (Å²) in [6, 6.07) is 0. The molecule has 16 heavy (non-hydrogen) atoms. The minimum Gasteiger partial charge on any atom is -0.447 e. The number of ether oxygens (including phenoxy) is 1. The number of alkyl carbamates (subject to hydrolysis) is 1. The third-order valence-electron chi connectivity index (χ3n) is 2.69. The quantitative estimate of drug-likeness (QED) is 0.695. The normalized spacial score (nSPS) is 18.4. The lowest BCUT2D eigenvalue weighted by Crippen LogP contribution is -2.35. The Hall–Kier alpha value is -0.810. The zero-order chi connectivity index (χ0) is 11.8. The zero-order valence-corrected chi connectivity index (χ0v) is 9.95. The molecule has 1 amide bonds. The molecule has 1 heterocycles. The maximum Gasteiger partial charge on any atom is 0.407 e. The summed E-state index contributed by atoms with van der Waals surface area (Å²) in [6.07, 6.45) is 2.14. The Labute approximate surface area is 96.8 Å². The van der Waals surface area contributed by atoms with E-state index in [1.54, 1.807) is 0 Å². The van der Waals surface area contributed by atoms with Gasteiger partial charge in [-0.2, -0.15) is 0 Å². The summed E-state index contributed by atoms with van der Waals surface area (Å²) < 4.78 is 4.70. The van der Waals surface area contributed by atoms with Crippen LogP contribution in [0, 0.1) is 5.92 Å². The first-order chi connectivity index (χ1) is 7.72. The van der Waals surface area contributed by atoms with Crippen LogP contribution in [0.25, 0.3) is 0 Å². The van der Waals surface area contributed by atoms with Gasteiger partial charge >= 0.3 is 6.09 Å². The minimum absolute atomic E-state index is 0.0618. The number of likely N-dealkylation sites (tertiary alicyclic amines) is 1. The molecule has 1 saturated heterocycles.